The van der Waals surface area contributed by atoms with Gasteiger partial charge in [-0.1, -0.05) is 12.1 Å². The lowest BCUT2D eigenvalue weighted by atomic mass is 10.0. The van der Waals surface area contributed by atoms with Gasteiger partial charge in [-0.3, -0.25) is 0 Å². The second-order valence-corrected chi connectivity index (χ2v) is 4.15. The summed E-state index contributed by atoms with van der Waals surface area (Å²) in [6.45, 7) is 1.63. The molecule has 0 bridgehead atoms. The standard InChI is InChI=1S/C13H18O4/c1-15-12-4-2-3-5-13(12)17-9-11(14)10-6-7-16-8-10/h2-5,10-11,14H,6-9H2,1H3. The van der Waals surface area contributed by atoms with Crippen LogP contribution in [0.5, 0.6) is 11.5 Å². The van der Waals surface area contributed by atoms with E-state index in [0.29, 0.717) is 18.1 Å². The molecule has 1 fully saturated rings. The molecule has 1 saturated heterocycles. The van der Waals surface area contributed by atoms with Crippen molar-refractivity contribution in [3.05, 3.63) is 24.3 Å². The zero-order chi connectivity index (χ0) is 12.1. The number of para-hydroxylation sites is 2. The molecule has 0 amide bonds. The number of benzene rings is 1. The number of aliphatic hydroxyl groups is 1. The highest BCUT2D eigenvalue weighted by molar-refractivity contribution is 5.39. The van der Waals surface area contributed by atoms with Crippen molar-refractivity contribution in [1.82, 2.24) is 0 Å². The molecule has 0 aromatic heterocycles. The smallest absolute Gasteiger partial charge is 0.161 e. The minimum absolute atomic E-state index is 0.185. The van der Waals surface area contributed by atoms with E-state index >= 15 is 0 Å². The molecular formula is C13H18O4. The quantitative estimate of drug-likeness (QED) is 0.844. The Balaban J connectivity index is 1.88. The highest BCUT2D eigenvalue weighted by atomic mass is 16.5. The van der Waals surface area contributed by atoms with Crippen LogP contribution in [0, 0.1) is 5.92 Å². The monoisotopic (exact) mass is 238 g/mol. The number of aliphatic hydroxyl groups excluding tert-OH is 1. The summed E-state index contributed by atoms with van der Waals surface area (Å²) in [5.74, 6) is 1.53. The molecule has 1 aliphatic heterocycles. The molecule has 0 saturated carbocycles. The molecule has 4 nitrogen and oxygen atoms in total. The minimum atomic E-state index is -0.484. The van der Waals surface area contributed by atoms with Crippen LogP contribution in [-0.2, 0) is 4.74 Å². The SMILES string of the molecule is COc1ccccc1OCC(O)C1CCOC1. The molecule has 0 radical (unpaired) electrons. The van der Waals surface area contributed by atoms with Crippen molar-refractivity contribution in [2.75, 3.05) is 26.9 Å². The zero-order valence-corrected chi connectivity index (χ0v) is 9.96. The van der Waals surface area contributed by atoms with Gasteiger partial charge in [0.1, 0.15) is 6.61 Å². The summed E-state index contributed by atoms with van der Waals surface area (Å²) in [5.41, 5.74) is 0. The predicted octanol–water partition coefficient (Wildman–Crippen LogP) is 1.47. The maximum atomic E-state index is 9.93. The van der Waals surface area contributed by atoms with Crippen molar-refractivity contribution in [3.63, 3.8) is 0 Å². The molecule has 2 rings (SSSR count). The van der Waals surface area contributed by atoms with Crippen molar-refractivity contribution >= 4 is 0 Å². The van der Waals surface area contributed by atoms with E-state index in [1.165, 1.54) is 0 Å². The molecule has 1 aromatic rings. The largest absolute Gasteiger partial charge is 0.493 e. The molecule has 2 atom stereocenters. The fraction of sp³-hybridized carbons (Fsp3) is 0.538. The molecule has 2 unspecified atom stereocenters. The first-order valence-corrected chi connectivity index (χ1v) is 5.83. The van der Waals surface area contributed by atoms with E-state index in [2.05, 4.69) is 0 Å². The molecule has 94 valence electrons. The van der Waals surface area contributed by atoms with Crippen LogP contribution in [0.25, 0.3) is 0 Å². The number of rotatable bonds is 5. The summed E-state index contributed by atoms with van der Waals surface area (Å²) >= 11 is 0. The number of hydrogen-bond acceptors (Lipinski definition) is 4. The van der Waals surface area contributed by atoms with Gasteiger partial charge in [-0.05, 0) is 18.6 Å². The Morgan fingerprint density at radius 3 is 2.82 bits per heavy atom. The van der Waals surface area contributed by atoms with Crippen molar-refractivity contribution in [2.45, 2.75) is 12.5 Å². The van der Waals surface area contributed by atoms with Crippen LogP contribution >= 0.6 is 0 Å². The van der Waals surface area contributed by atoms with Gasteiger partial charge in [0.25, 0.3) is 0 Å². The topological polar surface area (TPSA) is 47.9 Å². The van der Waals surface area contributed by atoms with Crippen molar-refractivity contribution in [3.8, 4) is 11.5 Å². The van der Waals surface area contributed by atoms with E-state index in [1.54, 1.807) is 7.11 Å². The third kappa shape index (κ3) is 3.11. The van der Waals surface area contributed by atoms with Crippen LogP contribution in [0.1, 0.15) is 6.42 Å². The zero-order valence-electron chi connectivity index (χ0n) is 9.96. The summed E-state index contributed by atoms with van der Waals surface area (Å²) in [5, 5.41) is 9.93. The van der Waals surface area contributed by atoms with E-state index in [1.807, 2.05) is 24.3 Å². The number of ether oxygens (including phenoxy) is 3. The lowest BCUT2D eigenvalue weighted by Crippen LogP contribution is -2.27. The van der Waals surface area contributed by atoms with Crippen LogP contribution in [0.4, 0.5) is 0 Å². The summed E-state index contributed by atoms with van der Waals surface area (Å²) < 4.78 is 16.0. The van der Waals surface area contributed by atoms with Crippen LogP contribution in [0.15, 0.2) is 24.3 Å². The van der Waals surface area contributed by atoms with Crippen molar-refractivity contribution in [2.24, 2.45) is 5.92 Å². The highest BCUT2D eigenvalue weighted by Crippen LogP contribution is 2.26. The van der Waals surface area contributed by atoms with Gasteiger partial charge in [-0.25, -0.2) is 0 Å². The third-order valence-corrected chi connectivity index (χ3v) is 2.99. The summed E-state index contributed by atoms with van der Waals surface area (Å²) in [7, 11) is 1.60. The van der Waals surface area contributed by atoms with Gasteiger partial charge in [-0.2, -0.15) is 0 Å². The Morgan fingerprint density at radius 1 is 1.41 bits per heavy atom. The van der Waals surface area contributed by atoms with Crippen LogP contribution < -0.4 is 9.47 Å². The summed E-state index contributed by atoms with van der Waals surface area (Å²) in [4.78, 5) is 0. The van der Waals surface area contributed by atoms with Crippen molar-refractivity contribution < 1.29 is 19.3 Å². The fourth-order valence-electron chi connectivity index (χ4n) is 1.91. The molecule has 17 heavy (non-hydrogen) atoms. The fourth-order valence-corrected chi connectivity index (χ4v) is 1.91. The van der Waals surface area contributed by atoms with E-state index in [9.17, 15) is 5.11 Å². The highest BCUT2D eigenvalue weighted by Gasteiger charge is 2.24. The molecular weight excluding hydrogens is 220 g/mol. The second-order valence-electron chi connectivity index (χ2n) is 4.15. The number of methoxy groups -OCH3 is 1. The van der Waals surface area contributed by atoms with Gasteiger partial charge in [0, 0.05) is 12.5 Å². The van der Waals surface area contributed by atoms with Gasteiger partial charge < -0.3 is 19.3 Å². The van der Waals surface area contributed by atoms with Gasteiger partial charge in [0.15, 0.2) is 11.5 Å². The third-order valence-electron chi connectivity index (χ3n) is 2.99. The first-order chi connectivity index (χ1) is 8.31. The number of hydrogen-bond donors (Lipinski definition) is 1. The lowest BCUT2D eigenvalue weighted by molar-refractivity contribution is 0.0491. The predicted molar refractivity (Wildman–Crippen MR) is 63.4 cm³/mol. The molecule has 0 aliphatic carbocycles. The van der Waals surface area contributed by atoms with Gasteiger partial charge in [0.2, 0.25) is 0 Å². The average molecular weight is 238 g/mol. The van der Waals surface area contributed by atoms with Crippen molar-refractivity contribution in [1.29, 1.82) is 0 Å². The van der Waals surface area contributed by atoms with E-state index < -0.39 is 6.10 Å². The Morgan fingerprint density at radius 2 is 2.18 bits per heavy atom. The molecule has 4 heteroatoms. The first-order valence-electron chi connectivity index (χ1n) is 5.83. The minimum Gasteiger partial charge on any atom is -0.493 e. The van der Waals surface area contributed by atoms with Crippen LogP contribution in [-0.4, -0.2) is 38.1 Å². The summed E-state index contributed by atoms with van der Waals surface area (Å²) in [6, 6.07) is 7.42. The van der Waals surface area contributed by atoms with Crippen LogP contribution in [0.3, 0.4) is 0 Å². The Hall–Kier alpha value is -1.26. The van der Waals surface area contributed by atoms with Gasteiger partial charge in [-0.15, -0.1) is 0 Å². The van der Waals surface area contributed by atoms with Crippen LogP contribution in [0.2, 0.25) is 0 Å². The molecule has 1 aromatic carbocycles. The summed E-state index contributed by atoms with van der Waals surface area (Å²) in [6.07, 6.45) is 0.415. The molecule has 1 heterocycles. The molecule has 0 spiro atoms. The van der Waals surface area contributed by atoms with E-state index in [4.69, 9.17) is 14.2 Å². The Kier molecular flexibility index (Phi) is 4.23. The first kappa shape index (κ1) is 12.2. The van der Waals surface area contributed by atoms with E-state index in [-0.39, 0.29) is 12.5 Å². The normalized spacial score (nSPS) is 21.2. The maximum Gasteiger partial charge on any atom is 0.161 e. The Bertz CT molecular complexity index is 347. The Labute approximate surface area is 101 Å². The lowest BCUT2D eigenvalue weighted by Gasteiger charge is -2.18. The molecule has 1 aliphatic rings. The van der Waals surface area contributed by atoms with E-state index in [0.717, 1.165) is 13.0 Å². The second kappa shape index (κ2) is 5.89. The maximum absolute atomic E-state index is 9.93. The molecule has 1 N–H and O–H groups in total. The van der Waals surface area contributed by atoms with Gasteiger partial charge >= 0.3 is 0 Å². The van der Waals surface area contributed by atoms with Gasteiger partial charge in [0.05, 0.1) is 19.8 Å². The average Bonchev–Trinajstić information content (AvgIpc) is 2.90.